The second-order valence-electron chi connectivity index (χ2n) is 9.77. The first-order valence-electron chi connectivity index (χ1n) is 13.5. The molecule has 0 aromatic heterocycles. The first-order valence-corrected chi connectivity index (χ1v) is 14.6. The average molecular weight is 629 g/mol. The topological polar surface area (TPSA) is 108 Å². The Kier molecular flexibility index (Phi) is 12.6. The van der Waals surface area contributed by atoms with E-state index in [0.29, 0.717) is 49.8 Å². The molecule has 0 saturated heterocycles. The molecule has 2 amide bonds. The summed E-state index contributed by atoms with van der Waals surface area (Å²) in [4.78, 5) is 28.2. The van der Waals surface area contributed by atoms with Crippen molar-refractivity contribution < 1.29 is 29.3 Å². The predicted molar refractivity (Wildman–Crippen MR) is 150 cm³/mol. The number of benzene rings is 1. The van der Waals surface area contributed by atoms with Crippen LogP contribution in [0.1, 0.15) is 58.3 Å². The molecular weight excluding hydrogens is 587 g/mol. The molecule has 0 bridgehead atoms. The van der Waals surface area contributed by atoms with Crippen LogP contribution in [0.15, 0.2) is 35.9 Å². The van der Waals surface area contributed by atoms with Crippen LogP contribution in [0.25, 0.3) is 0 Å². The Balaban J connectivity index is 1.83. The number of carbonyl (C=O) groups is 2. The highest BCUT2D eigenvalue weighted by Crippen LogP contribution is 2.32. The van der Waals surface area contributed by atoms with Gasteiger partial charge in [0, 0.05) is 44.7 Å². The highest BCUT2D eigenvalue weighted by atomic mass is 127. The van der Waals surface area contributed by atoms with E-state index in [1.807, 2.05) is 31.2 Å². The summed E-state index contributed by atoms with van der Waals surface area (Å²) >= 11 is 2.17. The molecule has 3 rings (SSSR count). The van der Waals surface area contributed by atoms with Crippen LogP contribution in [0.3, 0.4) is 0 Å². The van der Waals surface area contributed by atoms with Crippen LogP contribution in [0.4, 0.5) is 0 Å². The number of rotatable bonds is 14. The van der Waals surface area contributed by atoms with Crippen molar-refractivity contribution in [1.82, 2.24) is 10.2 Å². The molecule has 0 heterocycles. The second kappa shape index (κ2) is 15.7. The number of halogens is 1. The molecule has 3 atom stereocenters. The number of nitrogens with one attached hydrogen (secondary N) is 1. The molecule has 2 aliphatic rings. The summed E-state index contributed by atoms with van der Waals surface area (Å²) in [6.45, 7) is 3.45. The summed E-state index contributed by atoms with van der Waals surface area (Å²) in [5.74, 6) is 0.864. The van der Waals surface area contributed by atoms with Crippen molar-refractivity contribution in [1.29, 1.82) is 0 Å². The van der Waals surface area contributed by atoms with E-state index in [9.17, 15) is 19.8 Å². The highest BCUT2D eigenvalue weighted by Gasteiger charge is 2.40. The van der Waals surface area contributed by atoms with Gasteiger partial charge in [-0.3, -0.25) is 9.59 Å². The van der Waals surface area contributed by atoms with E-state index in [1.165, 1.54) is 25.7 Å². The van der Waals surface area contributed by atoms with E-state index in [4.69, 9.17) is 9.47 Å². The SMILES string of the molecule is CCOCCCN(C(=O)CCC1CCCC1)C1CC(C(=O)NCCO)=CC(Oc2ccccc2I)C1O. The van der Waals surface area contributed by atoms with E-state index < -0.39 is 18.2 Å². The first-order chi connectivity index (χ1) is 17.9. The molecule has 1 aromatic carbocycles. The van der Waals surface area contributed by atoms with Gasteiger partial charge in [-0.25, -0.2) is 0 Å². The lowest BCUT2D eigenvalue weighted by Gasteiger charge is -2.41. The summed E-state index contributed by atoms with van der Waals surface area (Å²) in [7, 11) is 0. The minimum absolute atomic E-state index is 0.00231. The Labute approximate surface area is 233 Å². The molecule has 0 aliphatic heterocycles. The van der Waals surface area contributed by atoms with Crippen molar-refractivity contribution in [2.45, 2.75) is 76.5 Å². The van der Waals surface area contributed by atoms with Gasteiger partial charge in [-0.05, 0) is 66.5 Å². The standard InChI is InChI=1S/C28H41IN2O6/c1-2-36-17-7-15-31(26(33)13-12-20-8-3-4-9-20)23-18-21(28(35)30-14-16-32)19-25(27(23)34)37-24-11-6-5-10-22(24)29/h5-6,10-11,19-20,23,25,27,32,34H,2-4,7-9,12-18H2,1H3,(H,30,35). The van der Waals surface area contributed by atoms with Crippen LogP contribution in [-0.2, 0) is 14.3 Å². The van der Waals surface area contributed by atoms with Crippen molar-refractivity contribution in [3.8, 4) is 5.75 Å². The number of para-hydroxylation sites is 1. The third kappa shape index (κ3) is 8.94. The number of aliphatic hydroxyl groups excluding tert-OH is 2. The van der Waals surface area contributed by atoms with E-state index in [2.05, 4.69) is 27.9 Å². The molecule has 206 valence electrons. The zero-order chi connectivity index (χ0) is 26.6. The molecule has 9 heteroatoms. The number of amides is 2. The maximum Gasteiger partial charge on any atom is 0.247 e. The van der Waals surface area contributed by atoms with E-state index in [0.717, 1.165) is 9.99 Å². The normalized spacial score (nSPS) is 21.9. The lowest BCUT2D eigenvalue weighted by molar-refractivity contribution is -0.139. The highest BCUT2D eigenvalue weighted by molar-refractivity contribution is 14.1. The number of ether oxygens (including phenoxy) is 2. The molecule has 0 radical (unpaired) electrons. The van der Waals surface area contributed by atoms with Crippen molar-refractivity contribution in [3.63, 3.8) is 0 Å². The zero-order valence-corrected chi connectivity index (χ0v) is 23.9. The largest absolute Gasteiger partial charge is 0.482 e. The van der Waals surface area contributed by atoms with Crippen molar-refractivity contribution in [2.75, 3.05) is 32.9 Å². The summed E-state index contributed by atoms with van der Waals surface area (Å²) in [5, 5.41) is 23.4. The number of hydrogen-bond donors (Lipinski definition) is 3. The van der Waals surface area contributed by atoms with Gasteiger partial charge in [0.1, 0.15) is 18.0 Å². The molecule has 1 aromatic rings. The molecule has 1 fully saturated rings. The van der Waals surface area contributed by atoms with Gasteiger partial charge in [0.15, 0.2) is 0 Å². The van der Waals surface area contributed by atoms with E-state index in [-0.39, 0.29) is 31.4 Å². The lowest BCUT2D eigenvalue weighted by atomic mass is 9.87. The molecule has 3 N–H and O–H groups in total. The summed E-state index contributed by atoms with van der Waals surface area (Å²) < 4.78 is 12.6. The van der Waals surface area contributed by atoms with Crippen LogP contribution in [-0.4, -0.2) is 78.1 Å². The van der Waals surface area contributed by atoms with Crippen molar-refractivity contribution >= 4 is 34.4 Å². The van der Waals surface area contributed by atoms with Gasteiger partial charge in [0.2, 0.25) is 11.8 Å². The van der Waals surface area contributed by atoms with E-state index in [1.54, 1.807) is 11.0 Å². The Hall–Kier alpha value is -1.69. The maximum absolute atomic E-state index is 13.6. The van der Waals surface area contributed by atoms with Gasteiger partial charge in [0.05, 0.1) is 16.2 Å². The minimum atomic E-state index is -1.01. The van der Waals surface area contributed by atoms with Crippen LogP contribution in [0.2, 0.25) is 0 Å². The Morgan fingerprint density at radius 2 is 1.97 bits per heavy atom. The van der Waals surface area contributed by atoms with Crippen LogP contribution in [0.5, 0.6) is 5.75 Å². The second-order valence-corrected chi connectivity index (χ2v) is 10.9. The third-order valence-electron chi connectivity index (χ3n) is 7.17. The van der Waals surface area contributed by atoms with Gasteiger partial charge in [0.25, 0.3) is 0 Å². The summed E-state index contributed by atoms with van der Waals surface area (Å²) in [5.41, 5.74) is 0.443. The van der Waals surface area contributed by atoms with Crippen molar-refractivity contribution in [3.05, 3.63) is 39.5 Å². The van der Waals surface area contributed by atoms with Crippen LogP contribution < -0.4 is 10.1 Å². The van der Waals surface area contributed by atoms with Gasteiger partial charge < -0.3 is 29.9 Å². The third-order valence-corrected chi connectivity index (χ3v) is 8.06. The first kappa shape index (κ1) is 29.9. The molecule has 2 aliphatic carbocycles. The number of carbonyl (C=O) groups excluding carboxylic acids is 2. The zero-order valence-electron chi connectivity index (χ0n) is 21.7. The Bertz CT molecular complexity index is 904. The maximum atomic E-state index is 13.6. The molecule has 37 heavy (non-hydrogen) atoms. The fourth-order valence-corrected chi connectivity index (χ4v) is 5.71. The number of hydrogen-bond acceptors (Lipinski definition) is 6. The molecule has 3 unspecified atom stereocenters. The van der Waals surface area contributed by atoms with Crippen molar-refractivity contribution in [2.24, 2.45) is 5.92 Å². The van der Waals surface area contributed by atoms with Gasteiger partial charge in [-0.15, -0.1) is 0 Å². The molecule has 0 spiro atoms. The fourth-order valence-electron chi connectivity index (χ4n) is 5.19. The molecular formula is C28H41IN2O6. The predicted octanol–water partition coefficient (Wildman–Crippen LogP) is 3.43. The molecule has 1 saturated carbocycles. The number of nitrogens with zero attached hydrogens (tertiary/aromatic N) is 1. The smallest absolute Gasteiger partial charge is 0.247 e. The average Bonchev–Trinajstić information content (AvgIpc) is 3.42. The quantitative estimate of drug-likeness (QED) is 0.215. The monoisotopic (exact) mass is 628 g/mol. The number of aliphatic hydroxyl groups is 2. The van der Waals surface area contributed by atoms with E-state index >= 15 is 0 Å². The van der Waals surface area contributed by atoms with Gasteiger partial charge >= 0.3 is 0 Å². The fraction of sp³-hybridized carbons (Fsp3) is 0.643. The Morgan fingerprint density at radius 1 is 1.22 bits per heavy atom. The lowest BCUT2D eigenvalue weighted by Crippen LogP contribution is -2.55. The van der Waals surface area contributed by atoms with Crippen LogP contribution in [0, 0.1) is 9.49 Å². The summed E-state index contributed by atoms with van der Waals surface area (Å²) in [6.07, 6.45) is 6.79. The minimum Gasteiger partial charge on any atom is -0.482 e. The summed E-state index contributed by atoms with van der Waals surface area (Å²) in [6, 6.07) is 6.89. The van der Waals surface area contributed by atoms with Gasteiger partial charge in [-0.2, -0.15) is 0 Å². The van der Waals surface area contributed by atoms with Gasteiger partial charge in [-0.1, -0.05) is 37.8 Å². The Morgan fingerprint density at radius 3 is 2.68 bits per heavy atom. The molecule has 8 nitrogen and oxygen atoms in total. The van der Waals surface area contributed by atoms with Crippen LogP contribution >= 0.6 is 22.6 Å².